The lowest BCUT2D eigenvalue weighted by Gasteiger charge is -2.35. The second-order valence-electron chi connectivity index (χ2n) is 19.7. The maximum absolute atomic E-state index is 14.2. The van der Waals surface area contributed by atoms with Crippen molar-refractivity contribution in [1.29, 1.82) is 0 Å². The molecule has 1 heterocycles. The summed E-state index contributed by atoms with van der Waals surface area (Å²) in [7, 11) is 0. The molecule has 0 atom stereocenters. The molecular formula is C39H63N3O12. The van der Waals surface area contributed by atoms with Crippen molar-refractivity contribution in [3.8, 4) is 0 Å². The molecule has 0 spiro atoms. The average Bonchev–Trinajstić information content (AvgIpc) is 2.89. The largest absolute Gasteiger partial charge is 0.459 e. The molecule has 0 saturated carbocycles. The Labute approximate surface area is 320 Å². The molecule has 1 aromatic rings. The summed E-state index contributed by atoms with van der Waals surface area (Å²) in [6.45, 7) is 31.5. The molecule has 0 amide bonds. The molecule has 54 heavy (non-hydrogen) atoms. The van der Waals surface area contributed by atoms with Crippen molar-refractivity contribution < 1.29 is 57.2 Å². The van der Waals surface area contributed by atoms with Gasteiger partial charge in [0, 0.05) is 0 Å². The molecule has 0 radical (unpaired) electrons. The molecule has 0 aliphatic carbocycles. The Morgan fingerprint density at radius 3 is 0.481 bits per heavy atom. The lowest BCUT2D eigenvalue weighted by Crippen LogP contribution is -2.54. The minimum absolute atomic E-state index is 0.734. The number of esters is 6. The number of nitrogens with zero attached hydrogens (tertiary/aromatic N) is 3. The van der Waals surface area contributed by atoms with Gasteiger partial charge in [0.25, 0.3) is 0 Å². The standard InChI is InChI=1S/C39H63N3O12/c1-31(2,3)49-25(43)37(19,26(44)50-32(4,5)6)22-40-23(38(20,27(45)51-33(7,8)9)28(46)52-34(10,11)12)42-24(41-22)39(21,29(47)53-35(13,14)15)30(48)54-36(16,17)18/h1-21H3. The lowest BCUT2D eigenvalue weighted by atomic mass is 9.84. The van der Waals surface area contributed by atoms with Crippen LogP contribution >= 0.6 is 0 Å². The number of hydrogen-bond donors (Lipinski definition) is 0. The highest BCUT2D eigenvalue weighted by atomic mass is 16.6. The molecule has 0 bridgehead atoms. The first kappa shape index (κ1) is 47.9. The minimum Gasteiger partial charge on any atom is -0.459 e. The molecule has 0 N–H and O–H groups in total. The van der Waals surface area contributed by atoms with Crippen LogP contribution in [0, 0.1) is 0 Å². The Hall–Kier alpha value is -4.17. The molecule has 1 rings (SSSR count). The van der Waals surface area contributed by atoms with Gasteiger partial charge >= 0.3 is 35.8 Å². The van der Waals surface area contributed by atoms with Gasteiger partial charge in [-0.3, -0.25) is 28.8 Å². The van der Waals surface area contributed by atoms with Gasteiger partial charge in [-0.25, -0.2) is 15.0 Å². The third-order valence-electron chi connectivity index (χ3n) is 6.82. The number of hydrogen-bond acceptors (Lipinski definition) is 15. The first-order valence-corrected chi connectivity index (χ1v) is 17.8. The van der Waals surface area contributed by atoms with Crippen molar-refractivity contribution in [3.63, 3.8) is 0 Å². The third kappa shape index (κ3) is 12.4. The van der Waals surface area contributed by atoms with E-state index in [-0.39, 0.29) is 0 Å². The summed E-state index contributed by atoms with van der Waals surface area (Å²) in [5, 5.41) is 0. The number of ether oxygens (including phenoxy) is 6. The molecule has 0 aliphatic rings. The summed E-state index contributed by atoms with van der Waals surface area (Å²) in [6.07, 6.45) is 0. The van der Waals surface area contributed by atoms with Gasteiger partial charge in [-0.05, 0) is 145 Å². The zero-order valence-electron chi connectivity index (χ0n) is 36.2. The van der Waals surface area contributed by atoms with Gasteiger partial charge in [-0.1, -0.05) is 0 Å². The Morgan fingerprint density at radius 1 is 0.278 bits per heavy atom. The molecule has 0 unspecified atom stereocenters. The van der Waals surface area contributed by atoms with E-state index in [1.54, 1.807) is 125 Å². The van der Waals surface area contributed by atoms with Crippen LogP contribution in [0.25, 0.3) is 0 Å². The fourth-order valence-electron chi connectivity index (χ4n) is 4.13. The smallest absolute Gasteiger partial charge is 0.331 e. The summed E-state index contributed by atoms with van der Waals surface area (Å²) in [5.41, 5.74) is -14.7. The fourth-order valence-corrected chi connectivity index (χ4v) is 4.13. The van der Waals surface area contributed by atoms with Crippen molar-refractivity contribution in [3.05, 3.63) is 17.5 Å². The monoisotopic (exact) mass is 765 g/mol. The minimum atomic E-state index is -2.57. The summed E-state index contributed by atoms with van der Waals surface area (Å²) >= 11 is 0. The van der Waals surface area contributed by atoms with Crippen LogP contribution in [0.3, 0.4) is 0 Å². The second kappa shape index (κ2) is 15.2. The predicted molar refractivity (Wildman–Crippen MR) is 197 cm³/mol. The first-order valence-electron chi connectivity index (χ1n) is 17.8. The number of aromatic nitrogens is 3. The Bertz CT molecular complexity index is 1340. The molecular weight excluding hydrogens is 702 g/mol. The molecule has 306 valence electrons. The van der Waals surface area contributed by atoms with E-state index in [2.05, 4.69) is 15.0 Å². The van der Waals surface area contributed by atoms with E-state index in [1.165, 1.54) is 0 Å². The first-order chi connectivity index (χ1) is 23.6. The van der Waals surface area contributed by atoms with Gasteiger partial charge in [-0.2, -0.15) is 0 Å². The van der Waals surface area contributed by atoms with Gasteiger partial charge in [0.2, 0.25) is 16.2 Å². The van der Waals surface area contributed by atoms with Gasteiger partial charge in [0.05, 0.1) is 0 Å². The van der Waals surface area contributed by atoms with Crippen molar-refractivity contribution in [2.75, 3.05) is 0 Å². The van der Waals surface area contributed by atoms with Crippen molar-refractivity contribution in [2.45, 2.75) is 195 Å². The van der Waals surface area contributed by atoms with Crippen molar-refractivity contribution in [1.82, 2.24) is 15.0 Å². The highest BCUT2D eigenvalue weighted by Crippen LogP contribution is 2.37. The maximum atomic E-state index is 14.2. The normalized spacial score (nSPS) is 13.7. The average molecular weight is 766 g/mol. The Kier molecular flexibility index (Phi) is 13.4. The van der Waals surface area contributed by atoms with E-state index in [4.69, 9.17) is 28.4 Å². The van der Waals surface area contributed by atoms with Crippen LogP contribution in [0.5, 0.6) is 0 Å². The summed E-state index contributed by atoms with van der Waals surface area (Å²) in [5.74, 6) is -9.37. The molecule has 0 saturated heterocycles. The van der Waals surface area contributed by atoms with Crippen LogP contribution in [0.1, 0.15) is 163 Å². The van der Waals surface area contributed by atoms with E-state index in [1.807, 2.05) is 0 Å². The summed E-state index contributed by atoms with van der Waals surface area (Å²) in [6, 6.07) is 0. The van der Waals surface area contributed by atoms with Crippen LogP contribution in [-0.4, -0.2) is 84.4 Å². The van der Waals surface area contributed by atoms with Crippen molar-refractivity contribution >= 4 is 35.8 Å². The number of rotatable bonds is 9. The van der Waals surface area contributed by atoms with E-state index in [9.17, 15) is 28.8 Å². The van der Waals surface area contributed by atoms with E-state index >= 15 is 0 Å². The Morgan fingerprint density at radius 2 is 0.389 bits per heavy atom. The Balaban J connectivity index is 4.82. The van der Waals surface area contributed by atoms with Gasteiger partial charge in [0.15, 0.2) is 17.5 Å². The lowest BCUT2D eigenvalue weighted by molar-refractivity contribution is -0.178. The maximum Gasteiger partial charge on any atom is 0.331 e. The zero-order chi connectivity index (χ0) is 43.1. The van der Waals surface area contributed by atoms with E-state index in [0.29, 0.717) is 0 Å². The number of carbonyl (C=O) groups is 6. The van der Waals surface area contributed by atoms with Crippen LogP contribution in [0.2, 0.25) is 0 Å². The van der Waals surface area contributed by atoms with Gasteiger partial charge in [0.1, 0.15) is 33.6 Å². The fraction of sp³-hybridized carbons (Fsp3) is 0.769. The van der Waals surface area contributed by atoms with Gasteiger partial charge < -0.3 is 28.4 Å². The predicted octanol–water partition coefficient (Wildman–Crippen LogP) is 5.69. The summed E-state index contributed by atoms with van der Waals surface area (Å²) in [4.78, 5) is 98.7. The number of carbonyl (C=O) groups excluding carboxylic acids is 6. The van der Waals surface area contributed by atoms with Crippen molar-refractivity contribution in [2.24, 2.45) is 0 Å². The molecule has 0 aliphatic heterocycles. The van der Waals surface area contributed by atoms with Crippen LogP contribution in [-0.2, 0) is 73.4 Å². The quantitative estimate of drug-likeness (QED) is 0.169. The van der Waals surface area contributed by atoms with E-state index in [0.717, 1.165) is 20.8 Å². The van der Waals surface area contributed by atoms with Crippen LogP contribution in [0.15, 0.2) is 0 Å². The second-order valence-corrected chi connectivity index (χ2v) is 19.7. The molecule has 15 nitrogen and oxygen atoms in total. The van der Waals surface area contributed by atoms with Crippen LogP contribution in [0.4, 0.5) is 0 Å². The van der Waals surface area contributed by atoms with E-state index < -0.39 is 103 Å². The molecule has 0 aromatic carbocycles. The summed E-state index contributed by atoms with van der Waals surface area (Å²) < 4.78 is 34.1. The zero-order valence-corrected chi connectivity index (χ0v) is 36.2. The van der Waals surface area contributed by atoms with Crippen LogP contribution < -0.4 is 0 Å². The molecule has 0 fully saturated rings. The molecule has 1 aromatic heterocycles. The molecule has 15 heteroatoms. The third-order valence-corrected chi connectivity index (χ3v) is 6.82. The van der Waals surface area contributed by atoms with Gasteiger partial charge in [-0.15, -0.1) is 0 Å². The highest BCUT2D eigenvalue weighted by molar-refractivity contribution is 6.08. The SMILES string of the molecule is CC(C)(C)OC(=O)C(C)(C(=O)OC(C)(C)C)c1nc(C(C)(C(=O)OC(C)(C)C)C(=O)OC(C)(C)C)nc(C(C)(C(=O)OC(C)(C)C)C(=O)OC(C)(C)C)n1. The topological polar surface area (TPSA) is 196 Å². The highest BCUT2D eigenvalue weighted by Gasteiger charge is 2.58.